The van der Waals surface area contributed by atoms with Gasteiger partial charge in [0.05, 0.1) is 38.8 Å². The summed E-state index contributed by atoms with van der Waals surface area (Å²) in [5, 5.41) is 4.52. The van der Waals surface area contributed by atoms with E-state index in [4.69, 9.17) is 19.9 Å². The first kappa shape index (κ1) is 39.2. The third kappa shape index (κ3) is 5.28. The fourth-order valence-electron chi connectivity index (χ4n) is 12.3. The van der Waals surface area contributed by atoms with Gasteiger partial charge in [0.2, 0.25) is 5.95 Å². The van der Waals surface area contributed by atoms with E-state index in [0.717, 1.165) is 83.0 Å². The minimum Gasteiger partial charge on any atom is -0.309 e. The summed E-state index contributed by atoms with van der Waals surface area (Å²) in [5.41, 5.74) is 18.5. The van der Waals surface area contributed by atoms with E-state index in [2.05, 4.69) is 214 Å². The Labute approximate surface area is 413 Å². The number of imidazole rings is 1. The summed E-state index contributed by atoms with van der Waals surface area (Å²) in [7, 11) is 0. The highest BCUT2D eigenvalue weighted by Gasteiger charge is 2.54. The first-order chi connectivity index (χ1) is 35.7. The number of hydrogen-bond donors (Lipinski definition) is 0. The number of fused-ring (bicyclic) bond motifs is 18. The molecule has 7 heteroatoms. The first-order valence-corrected chi connectivity index (χ1v) is 24.5. The molecule has 0 fully saturated rings. The molecular weight excluding hydrogens is 879 g/mol. The van der Waals surface area contributed by atoms with E-state index < -0.39 is 5.41 Å². The minimum atomic E-state index is -0.535. The molecule has 72 heavy (non-hydrogen) atoms. The van der Waals surface area contributed by atoms with Crippen LogP contribution in [0.2, 0.25) is 0 Å². The van der Waals surface area contributed by atoms with Crippen LogP contribution in [-0.2, 0) is 5.41 Å². The lowest BCUT2D eigenvalue weighted by Crippen LogP contribution is -2.27. The van der Waals surface area contributed by atoms with Crippen LogP contribution >= 0.6 is 0 Å². The van der Waals surface area contributed by atoms with Gasteiger partial charge >= 0.3 is 0 Å². The average Bonchev–Trinajstić information content (AvgIpc) is 4.24. The molecule has 2 aliphatic rings. The molecule has 0 bridgehead atoms. The number of para-hydroxylation sites is 3. The summed E-state index contributed by atoms with van der Waals surface area (Å²) in [6.07, 6.45) is 0. The van der Waals surface area contributed by atoms with Gasteiger partial charge in [-0.15, -0.1) is 0 Å². The Balaban J connectivity index is 0.948. The molecule has 0 saturated carbocycles. The van der Waals surface area contributed by atoms with Crippen LogP contribution in [-0.4, -0.2) is 33.6 Å². The van der Waals surface area contributed by atoms with E-state index in [1.54, 1.807) is 0 Å². The highest BCUT2D eigenvalue weighted by molar-refractivity contribution is 6.19. The summed E-state index contributed by atoms with van der Waals surface area (Å²) in [6, 6.07) is 84.7. The Morgan fingerprint density at radius 2 is 0.819 bits per heavy atom. The van der Waals surface area contributed by atoms with Crippen LogP contribution in [0.1, 0.15) is 22.5 Å². The summed E-state index contributed by atoms with van der Waals surface area (Å²) >= 11 is 0. The number of aromatic nitrogens is 7. The highest BCUT2D eigenvalue weighted by Crippen LogP contribution is 2.60. The van der Waals surface area contributed by atoms with Crippen LogP contribution in [0.25, 0.3) is 117 Å². The van der Waals surface area contributed by atoms with Gasteiger partial charge in [0, 0.05) is 38.4 Å². The lowest BCUT2D eigenvalue weighted by molar-refractivity contribution is 0.738. The van der Waals surface area contributed by atoms with Crippen molar-refractivity contribution < 1.29 is 0 Å². The summed E-state index contributed by atoms with van der Waals surface area (Å²) in [5.74, 6) is 2.82. The Morgan fingerprint density at radius 1 is 0.306 bits per heavy atom. The third-order valence-electron chi connectivity index (χ3n) is 15.3. The lowest BCUT2D eigenvalue weighted by atomic mass is 9.73. The molecule has 16 rings (SSSR count). The van der Waals surface area contributed by atoms with Crippen molar-refractivity contribution in [3.63, 3.8) is 0 Å². The Hall–Kier alpha value is -9.72. The fourth-order valence-corrected chi connectivity index (χ4v) is 12.3. The molecule has 0 unspecified atom stereocenters. The molecule has 0 radical (unpaired) electrons. The lowest BCUT2D eigenvalue weighted by Gasteiger charge is -2.27. The zero-order valence-electron chi connectivity index (χ0n) is 38.6. The zero-order valence-corrected chi connectivity index (χ0v) is 38.6. The molecule has 0 atom stereocenters. The van der Waals surface area contributed by atoms with Gasteiger partial charge in [-0.25, -0.2) is 9.97 Å². The smallest absolute Gasteiger partial charge is 0.238 e. The normalized spacial score (nSPS) is 13.1. The monoisotopic (exact) mass is 917 g/mol. The zero-order chi connectivity index (χ0) is 47.1. The second kappa shape index (κ2) is 14.7. The van der Waals surface area contributed by atoms with E-state index in [1.165, 1.54) is 38.9 Å². The summed E-state index contributed by atoms with van der Waals surface area (Å²) in [6.45, 7) is 0. The topological polar surface area (TPSA) is 66.3 Å². The van der Waals surface area contributed by atoms with Crippen molar-refractivity contribution in [1.82, 2.24) is 33.6 Å². The van der Waals surface area contributed by atoms with Crippen molar-refractivity contribution >= 4 is 54.6 Å². The number of benzene rings is 10. The van der Waals surface area contributed by atoms with Gasteiger partial charge in [0.15, 0.2) is 11.6 Å². The predicted molar refractivity (Wildman–Crippen MR) is 290 cm³/mol. The Kier molecular flexibility index (Phi) is 7.97. The Morgan fingerprint density at radius 3 is 1.51 bits per heavy atom. The van der Waals surface area contributed by atoms with Gasteiger partial charge < -0.3 is 4.57 Å². The van der Waals surface area contributed by atoms with Crippen LogP contribution < -0.4 is 0 Å². The van der Waals surface area contributed by atoms with Gasteiger partial charge in [-0.1, -0.05) is 176 Å². The molecule has 1 aliphatic heterocycles. The maximum absolute atomic E-state index is 5.68. The van der Waals surface area contributed by atoms with E-state index in [1.807, 2.05) is 36.4 Å². The van der Waals surface area contributed by atoms with Crippen molar-refractivity contribution in [1.29, 1.82) is 0 Å². The molecule has 334 valence electrons. The second-order valence-corrected chi connectivity index (χ2v) is 19.0. The number of nitrogens with zero attached hydrogens (tertiary/aromatic N) is 7. The molecule has 4 aromatic heterocycles. The second-order valence-electron chi connectivity index (χ2n) is 19.0. The van der Waals surface area contributed by atoms with Gasteiger partial charge in [0.1, 0.15) is 11.2 Å². The molecule has 10 aromatic carbocycles. The average molecular weight is 918 g/mol. The van der Waals surface area contributed by atoms with E-state index in [9.17, 15) is 0 Å². The van der Waals surface area contributed by atoms with Crippen LogP contribution in [0, 0.1) is 0 Å². The van der Waals surface area contributed by atoms with E-state index in [-0.39, 0.29) is 0 Å². The van der Waals surface area contributed by atoms with E-state index >= 15 is 0 Å². The molecule has 1 aliphatic carbocycles. The molecule has 5 heterocycles. The van der Waals surface area contributed by atoms with Gasteiger partial charge in [-0.2, -0.15) is 9.97 Å². The van der Waals surface area contributed by atoms with Crippen LogP contribution in [0.5, 0.6) is 0 Å². The molecule has 1 spiro atoms. The molecule has 14 aromatic rings. The fraction of sp³-hybridized carbons (Fsp3) is 0.0154. The van der Waals surface area contributed by atoms with Crippen molar-refractivity contribution in [3.05, 3.63) is 259 Å². The quantitative estimate of drug-likeness (QED) is 0.172. The van der Waals surface area contributed by atoms with Crippen molar-refractivity contribution in [3.8, 4) is 62.4 Å². The molecule has 0 N–H and O–H groups in total. The summed E-state index contributed by atoms with van der Waals surface area (Å²) in [4.78, 5) is 21.4. The van der Waals surface area contributed by atoms with E-state index in [0.29, 0.717) is 17.6 Å². The maximum Gasteiger partial charge on any atom is 0.238 e. The van der Waals surface area contributed by atoms with Crippen molar-refractivity contribution in [2.75, 3.05) is 0 Å². The molecule has 7 nitrogen and oxygen atoms in total. The standard InChI is InChI=1S/C65H39N7/c1-4-18-40(19-5-1)61-67-62(41-20-6-2-7-21-41)69-64(68-61)72-56-34-32-42(36-48(56)50-39-59-49(38-60(50)72)47-26-12-16-30-55(47)70(59)44-22-8-3-9-23-44)43-33-35-58-54(37-43)66-63-65(53-29-15-17-31-57(53)71(58)63)51-27-13-10-24-45(51)46-25-11-14-28-52(46)65/h1-39H. The SMILES string of the molecule is c1ccc(-c2nc(-c3ccccc3)nc(-n3c4ccc(-c5ccc6c(c5)nc5n6-c6ccccc6C56c5ccccc5-c5ccccc56)cc4c4cc5c(cc43)c3ccccc3n5-c3ccccc3)n2)cc1. The van der Waals surface area contributed by atoms with Crippen LogP contribution in [0.4, 0.5) is 0 Å². The maximum atomic E-state index is 5.68. The largest absolute Gasteiger partial charge is 0.309 e. The van der Waals surface area contributed by atoms with Crippen LogP contribution in [0.15, 0.2) is 237 Å². The molecule has 0 saturated heterocycles. The number of rotatable bonds is 5. The van der Waals surface area contributed by atoms with Gasteiger partial charge in [-0.05, 0) is 99.6 Å². The van der Waals surface area contributed by atoms with Crippen molar-refractivity contribution in [2.24, 2.45) is 0 Å². The van der Waals surface area contributed by atoms with Gasteiger partial charge in [0.25, 0.3) is 0 Å². The third-order valence-corrected chi connectivity index (χ3v) is 15.3. The molecular formula is C65H39N7. The minimum absolute atomic E-state index is 0.535. The number of hydrogen-bond acceptors (Lipinski definition) is 4. The van der Waals surface area contributed by atoms with Crippen LogP contribution in [0.3, 0.4) is 0 Å². The van der Waals surface area contributed by atoms with Crippen molar-refractivity contribution in [2.45, 2.75) is 5.41 Å². The summed E-state index contributed by atoms with van der Waals surface area (Å²) < 4.78 is 7.03. The van der Waals surface area contributed by atoms with Gasteiger partial charge in [-0.3, -0.25) is 9.13 Å². The first-order valence-electron chi connectivity index (χ1n) is 24.5. The molecule has 0 amide bonds. The highest BCUT2D eigenvalue weighted by atomic mass is 15.2. The predicted octanol–water partition coefficient (Wildman–Crippen LogP) is 15.1. The Bertz CT molecular complexity index is 4460.